The number of nitrogens with zero attached hydrogens (tertiary/aromatic N) is 1. The summed E-state index contributed by atoms with van der Waals surface area (Å²) in [5.74, 6) is 0.179. The zero-order valence-electron chi connectivity index (χ0n) is 21.9. The van der Waals surface area contributed by atoms with Crippen LogP contribution < -0.4 is 23.8 Å². The zero-order chi connectivity index (χ0) is 25.5. The topological polar surface area (TPSA) is 74.3 Å². The highest BCUT2D eigenvalue weighted by Gasteiger charge is 2.29. The standard InChI is InChI=1S/C27H39NO6/c1-9-15-27(5,6)17-22(30)34-23-19-14-13-18(28(11-3)12-4)16-20(19)24(33-21(29)10-2)26(32-8)25(23)31-7/h13-14,16H,9-12,15,17H2,1-8H3. The Morgan fingerprint density at radius 2 is 1.38 bits per heavy atom. The third-order valence-electron chi connectivity index (χ3n) is 5.92. The Bertz CT molecular complexity index is 1010. The number of hydrogen-bond donors (Lipinski definition) is 0. The average Bonchev–Trinajstić information content (AvgIpc) is 2.80. The van der Waals surface area contributed by atoms with Gasteiger partial charge in [-0.05, 0) is 43.9 Å². The van der Waals surface area contributed by atoms with Gasteiger partial charge in [-0.25, -0.2) is 0 Å². The Hall–Kier alpha value is -2.96. The van der Waals surface area contributed by atoms with E-state index >= 15 is 0 Å². The van der Waals surface area contributed by atoms with Crippen molar-refractivity contribution in [3.8, 4) is 23.0 Å². The molecule has 0 saturated carbocycles. The number of esters is 2. The predicted molar refractivity (Wildman–Crippen MR) is 135 cm³/mol. The van der Waals surface area contributed by atoms with E-state index in [4.69, 9.17) is 18.9 Å². The van der Waals surface area contributed by atoms with Crippen molar-refractivity contribution in [3.63, 3.8) is 0 Å². The van der Waals surface area contributed by atoms with Gasteiger partial charge in [0.1, 0.15) is 0 Å². The maximum absolute atomic E-state index is 13.0. The number of fused-ring (bicyclic) bond motifs is 1. The minimum absolute atomic E-state index is 0.189. The fourth-order valence-corrected chi connectivity index (χ4v) is 4.22. The second-order valence-corrected chi connectivity index (χ2v) is 9.02. The van der Waals surface area contributed by atoms with Crippen molar-refractivity contribution >= 4 is 28.4 Å². The highest BCUT2D eigenvalue weighted by Crippen LogP contribution is 2.52. The van der Waals surface area contributed by atoms with Crippen LogP contribution in [0.15, 0.2) is 18.2 Å². The number of ether oxygens (including phenoxy) is 4. The molecule has 0 aliphatic heterocycles. The molecule has 7 nitrogen and oxygen atoms in total. The van der Waals surface area contributed by atoms with Crippen LogP contribution in [0.4, 0.5) is 5.69 Å². The molecule has 0 unspecified atom stereocenters. The lowest BCUT2D eigenvalue weighted by atomic mass is 9.85. The Morgan fingerprint density at radius 3 is 1.88 bits per heavy atom. The molecule has 34 heavy (non-hydrogen) atoms. The summed E-state index contributed by atoms with van der Waals surface area (Å²) in [5, 5.41) is 1.22. The smallest absolute Gasteiger partial charge is 0.311 e. The van der Waals surface area contributed by atoms with Crippen LogP contribution in [-0.2, 0) is 9.59 Å². The summed E-state index contributed by atoms with van der Waals surface area (Å²) in [6.07, 6.45) is 2.35. The number of carbonyl (C=O) groups excluding carboxylic acids is 2. The molecule has 0 fully saturated rings. The van der Waals surface area contributed by atoms with Crippen molar-refractivity contribution in [2.45, 2.75) is 67.2 Å². The molecule has 0 atom stereocenters. The van der Waals surface area contributed by atoms with E-state index in [-0.39, 0.29) is 47.2 Å². The van der Waals surface area contributed by atoms with Crippen molar-refractivity contribution in [1.82, 2.24) is 0 Å². The molecular formula is C27H39NO6. The second kappa shape index (κ2) is 12.0. The highest BCUT2D eigenvalue weighted by molar-refractivity contribution is 6.02. The van der Waals surface area contributed by atoms with Crippen LogP contribution >= 0.6 is 0 Å². The van der Waals surface area contributed by atoms with E-state index in [0.717, 1.165) is 31.6 Å². The van der Waals surface area contributed by atoms with Gasteiger partial charge >= 0.3 is 11.9 Å². The fraction of sp³-hybridized carbons (Fsp3) is 0.556. The molecule has 2 rings (SSSR count). The monoisotopic (exact) mass is 473 g/mol. The molecule has 7 heteroatoms. The lowest BCUT2D eigenvalue weighted by molar-refractivity contribution is -0.137. The van der Waals surface area contributed by atoms with Crippen LogP contribution in [0, 0.1) is 5.41 Å². The van der Waals surface area contributed by atoms with Gasteiger partial charge in [-0.3, -0.25) is 9.59 Å². The van der Waals surface area contributed by atoms with Gasteiger partial charge in [0.25, 0.3) is 0 Å². The van der Waals surface area contributed by atoms with Crippen LogP contribution in [0.2, 0.25) is 0 Å². The first-order valence-electron chi connectivity index (χ1n) is 12.0. The van der Waals surface area contributed by atoms with Gasteiger partial charge in [-0.2, -0.15) is 0 Å². The van der Waals surface area contributed by atoms with Gasteiger partial charge in [0.05, 0.1) is 20.6 Å². The van der Waals surface area contributed by atoms with E-state index < -0.39 is 5.97 Å². The molecule has 0 heterocycles. The second-order valence-electron chi connectivity index (χ2n) is 9.02. The van der Waals surface area contributed by atoms with Crippen LogP contribution in [0.1, 0.15) is 67.2 Å². The van der Waals surface area contributed by atoms with E-state index in [0.29, 0.717) is 10.8 Å². The molecule has 0 aliphatic carbocycles. The molecule has 0 spiro atoms. The third-order valence-corrected chi connectivity index (χ3v) is 5.92. The third kappa shape index (κ3) is 6.13. The summed E-state index contributed by atoms with van der Waals surface area (Å²) in [7, 11) is 2.94. The summed E-state index contributed by atoms with van der Waals surface area (Å²) >= 11 is 0. The summed E-state index contributed by atoms with van der Waals surface area (Å²) in [5.41, 5.74) is 0.769. The van der Waals surface area contributed by atoms with E-state index in [9.17, 15) is 9.59 Å². The lowest BCUT2D eigenvalue weighted by Crippen LogP contribution is -2.22. The van der Waals surface area contributed by atoms with Crippen LogP contribution in [-0.4, -0.2) is 39.2 Å². The largest absolute Gasteiger partial charge is 0.490 e. The number of benzene rings is 2. The summed E-state index contributed by atoms with van der Waals surface area (Å²) in [6.45, 7) is 13.7. The molecule has 0 radical (unpaired) electrons. The maximum Gasteiger partial charge on any atom is 0.311 e. The molecule has 0 saturated heterocycles. The number of rotatable bonds is 12. The number of hydrogen-bond acceptors (Lipinski definition) is 7. The minimum atomic E-state index is -0.402. The van der Waals surface area contributed by atoms with E-state index in [1.165, 1.54) is 14.2 Å². The molecule has 0 aliphatic rings. The molecule has 0 bridgehead atoms. The van der Waals surface area contributed by atoms with Crippen molar-refractivity contribution < 1.29 is 28.5 Å². The fourth-order valence-electron chi connectivity index (χ4n) is 4.22. The van der Waals surface area contributed by atoms with Crippen LogP contribution in [0.3, 0.4) is 0 Å². The Kier molecular flexibility index (Phi) is 9.59. The molecule has 0 N–H and O–H groups in total. The molecule has 2 aromatic carbocycles. The van der Waals surface area contributed by atoms with Gasteiger partial charge in [0.15, 0.2) is 11.5 Å². The first kappa shape index (κ1) is 27.3. The van der Waals surface area contributed by atoms with Crippen LogP contribution in [0.25, 0.3) is 10.8 Å². The lowest BCUT2D eigenvalue weighted by Gasteiger charge is -2.25. The van der Waals surface area contributed by atoms with Gasteiger partial charge in [0, 0.05) is 36.0 Å². The summed E-state index contributed by atoms with van der Waals surface area (Å²) in [6, 6.07) is 5.76. The quantitative estimate of drug-likeness (QED) is 0.271. The highest BCUT2D eigenvalue weighted by atomic mass is 16.6. The Morgan fingerprint density at radius 1 is 0.824 bits per heavy atom. The maximum atomic E-state index is 13.0. The van der Waals surface area contributed by atoms with Crippen molar-refractivity contribution in [1.29, 1.82) is 0 Å². The first-order chi connectivity index (χ1) is 16.2. The Balaban J connectivity index is 2.76. The molecule has 188 valence electrons. The van der Waals surface area contributed by atoms with Crippen molar-refractivity contribution in [3.05, 3.63) is 18.2 Å². The number of anilines is 1. The van der Waals surface area contributed by atoms with Crippen molar-refractivity contribution in [2.24, 2.45) is 5.41 Å². The van der Waals surface area contributed by atoms with Crippen LogP contribution in [0.5, 0.6) is 23.0 Å². The molecule has 0 amide bonds. The summed E-state index contributed by atoms with van der Waals surface area (Å²) in [4.78, 5) is 27.5. The minimum Gasteiger partial charge on any atom is -0.490 e. The van der Waals surface area contributed by atoms with Gasteiger partial charge in [-0.1, -0.05) is 34.1 Å². The number of carbonyl (C=O) groups is 2. The Labute approximate surface area is 203 Å². The normalized spacial score (nSPS) is 11.3. The van der Waals surface area contributed by atoms with Gasteiger partial charge in [0.2, 0.25) is 11.5 Å². The van der Waals surface area contributed by atoms with Crippen molar-refractivity contribution in [2.75, 3.05) is 32.2 Å². The SMILES string of the molecule is CCCC(C)(C)CC(=O)Oc1c(OC)c(OC)c(OC(=O)CC)c2cc(N(CC)CC)ccc12. The van der Waals surface area contributed by atoms with E-state index in [1.54, 1.807) is 6.92 Å². The molecular weight excluding hydrogens is 434 g/mol. The summed E-state index contributed by atoms with van der Waals surface area (Å²) < 4.78 is 22.9. The first-order valence-corrected chi connectivity index (χ1v) is 12.0. The average molecular weight is 474 g/mol. The number of methoxy groups -OCH3 is 2. The van der Waals surface area contributed by atoms with Gasteiger partial charge in [-0.15, -0.1) is 0 Å². The molecule has 2 aromatic rings. The van der Waals surface area contributed by atoms with E-state index in [1.807, 2.05) is 18.2 Å². The zero-order valence-corrected chi connectivity index (χ0v) is 21.9. The molecule has 0 aromatic heterocycles. The van der Waals surface area contributed by atoms with E-state index in [2.05, 4.69) is 39.5 Å². The predicted octanol–water partition coefficient (Wildman–Crippen LogP) is 6.14. The van der Waals surface area contributed by atoms with Gasteiger partial charge < -0.3 is 23.8 Å².